The summed E-state index contributed by atoms with van der Waals surface area (Å²) in [5.74, 6) is 1.33. The largest absolute Gasteiger partial charge is 0.315 e. The molecule has 2 nitrogen and oxygen atoms in total. The lowest BCUT2D eigenvalue weighted by molar-refractivity contribution is 0.393. The minimum absolute atomic E-state index is 0.582. The zero-order valence-corrected chi connectivity index (χ0v) is 8.49. The second kappa shape index (κ2) is 6.89. The number of halogens is 1. The Morgan fingerprint density at radius 3 is 2.55 bits per heavy atom. The van der Waals surface area contributed by atoms with Crippen molar-refractivity contribution in [2.45, 2.75) is 6.92 Å². The predicted octanol–water partition coefficient (Wildman–Crippen LogP) is 1.01. The van der Waals surface area contributed by atoms with Gasteiger partial charge in [-0.25, -0.2) is 0 Å². The molecule has 0 bridgehead atoms. The van der Waals surface area contributed by atoms with E-state index in [1.165, 1.54) is 0 Å². The molecule has 0 aromatic rings. The molecule has 0 heterocycles. The van der Waals surface area contributed by atoms with Crippen LogP contribution in [0.3, 0.4) is 0 Å². The molecule has 0 saturated heterocycles. The minimum atomic E-state index is 0.582. The van der Waals surface area contributed by atoms with Gasteiger partial charge in [0.05, 0.1) is 0 Å². The highest BCUT2D eigenvalue weighted by molar-refractivity contribution is 6.18. The second-order valence-corrected chi connectivity index (χ2v) is 3.58. The summed E-state index contributed by atoms with van der Waals surface area (Å²) in [5, 5.41) is 3.34. The van der Waals surface area contributed by atoms with E-state index in [2.05, 4.69) is 31.2 Å². The Hall–Kier alpha value is 0.210. The van der Waals surface area contributed by atoms with E-state index >= 15 is 0 Å². The highest BCUT2D eigenvalue weighted by atomic mass is 35.5. The van der Waals surface area contributed by atoms with Crippen LogP contribution in [0.15, 0.2) is 0 Å². The summed E-state index contributed by atoms with van der Waals surface area (Å²) in [7, 11) is 4.15. The van der Waals surface area contributed by atoms with Crippen LogP contribution >= 0.6 is 11.6 Å². The molecule has 0 radical (unpaired) electrons. The topological polar surface area (TPSA) is 15.3 Å². The van der Waals surface area contributed by atoms with Crippen molar-refractivity contribution in [2.75, 3.05) is 39.6 Å². The Bertz CT molecular complexity index is 86.2. The van der Waals surface area contributed by atoms with Crippen LogP contribution in [-0.4, -0.2) is 44.5 Å². The molecule has 0 saturated carbocycles. The van der Waals surface area contributed by atoms with Gasteiger partial charge in [0, 0.05) is 19.0 Å². The van der Waals surface area contributed by atoms with Gasteiger partial charge in [-0.1, -0.05) is 6.92 Å². The average molecular weight is 179 g/mol. The van der Waals surface area contributed by atoms with Gasteiger partial charge in [0.25, 0.3) is 0 Å². The number of nitrogens with zero attached hydrogens (tertiary/aromatic N) is 1. The number of hydrogen-bond acceptors (Lipinski definition) is 2. The molecule has 3 heteroatoms. The molecule has 0 spiro atoms. The fraction of sp³-hybridized carbons (Fsp3) is 1.00. The van der Waals surface area contributed by atoms with Gasteiger partial charge in [0.1, 0.15) is 0 Å². The van der Waals surface area contributed by atoms with E-state index in [9.17, 15) is 0 Å². The lowest BCUT2D eigenvalue weighted by Crippen LogP contribution is -2.30. The Labute approximate surface area is 74.9 Å². The van der Waals surface area contributed by atoms with Gasteiger partial charge in [-0.15, -0.1) is 11.6 Å². The van der Waals surface area contributed by atoms with Crippen molar-refractivity contribution in [3.8, 4) is 0 Å². The van der Waals surface area contributed by atoms with Gasteiger partial charge < -0.3 is 10.2 Å². The third-order valence-electron chi connectivity index (χ3n) is 1.49. The van der Waals surface area contributed by atoms with Crippen molar-refractivity contribution < 1.29 is 0 Å². The van der Waals surface area contributed by atoms with Crippen molar-refractivity contribution in [1.82, 2.24) is 10.2 Å². The summed E-state index contributed by atoms with van der Waals surface area (Å²) in [6.07, 6.45) is 0. The van der Waals surface area contributed by atoms with Gasteiger partial charge in [-0.3, -0.25) is 0 Å². The average Bonchev–Trinajstić information content (AvgIpc) is 1.97. The summed E-state index contributed by atoms with van der Waals surface area (Å²) in [5.41, 5.74) is 0. The standard InChI is InChI=1S/C8H19ClN2/c1-8(6-9)7-10-4-5-11(2)3/h8,10H,4-7H2,1-3H3. The molecule has 1 atom stereocenters. The summed E-state index contributed by atoms with van der Waals surface area (Å²) >= 11 is 5.64. The van der Waals surface area contributed by atoms with Gasteiger partial charge >= 0.3 is 0 Å². The molecule has 68 valence electrons. The lowest BCUT2D eigenvalue weighted by atomic mass is 10.2. The molecule has 11 heavy (non-hydrogen) atoms. The first kappa shape index (κ1) is 11.2. The maximum Gasteiger partial charge on any atom is 0.0261 e. The smallest absolute Gasteiger partial charge is 0.0261 e. The number of likely N-dealkylation sites (N-methyl/N-ethyl adjacent to an activating group) is 1. The Balaban J connectivity index is 3.01. The molecule has 0 aliphatic rings. The zero-order valence-electron chi connectivity index (χ0n) is 7.73. The van der Waals surface area contributed by atoms with Crippen LogP contribution in [0.4, 0.5) is 0 Å². The van der Waals surface area contributed by atoms with E-state index in [1.54, 1.807) is 0 Å². The molecule has 0 amide bonds. The van der Waals surface area contributed by atoms with Crippen LogP contribution in [-0.2, 0) is 0 Å². The van der Waals surface area contributed by atoms with E-state index in [1.807, 2.05) is 0 Å². The van der Waals surface area contributed by atoms with Crippen LogP contribution < -0.4 is 5.32 Å². The van der Waals surface area contributed by atoms with E-state index < -0.39 is 0 Å². The lowest BCUT2D eigenvalue weighted by Gasteiger charge is -2.12. The fourth-order valence-electron chi connectivity index (χ4n) is 0.706. The summed E-state index contributed by atoms with van der Waals surface area (Å²) < 4.78 is 0. The Morgan fingerprint density at radius 1 is 1.45 bits per heavy atom. The van der Waals surface area contributed by atoms with E-state index in [0.29, 0.717) is 5.92 Å². The van der Waals surface area contributed by atoms with Gasteiger partial charge in [-0.05, 0) is 26.6 Å². The number of hydrogen-bond donors (Lipinski definition) is 1. The molecule has 0 aliphatic carbocycles. The summed E-state index contributed by atoms with van der Waals surface area (Å²) in [4.78, 5) is 2.17. The molecule has 0 aromatic carbocycles. The van der Waals surface area contributed by atoms with E-state index in [4.69, 9.17) is 11.6 Å². The molecule has 0 fully saturated rings. The Morgan fingerprint density at radius 2 is 2.09 bits per heavy atom. The van der Waals surface area contributed by atoms with Crippen molar-refractivity contribution in [3.05, 3.63) is 0 Å². The van der Waals surface area contributed by atoms with Crippen LogP contribution in [0, 0.1) is 5.92 Å². The molecular formula is C8H19ClN2. The molecule has 0 rings (SSSR count). The highest BCUT2D eigenvalue weighted by Crippen LogP contribution is 1.94. The van der Waals surface area contributed by atoms with Crippen LogP contribution in [0.2, 0.25) is 0 Å². The minimum Gasteiger partial charge on any atom is -0.315 e. The first-order valence-electron chi connectivity index (χ1n) is 4.08. The van der Waals surface area contributed by atoms with Gasteiger partial charge in [0.2, 0.25) is 0 Å². The Kier molecular flexibility index (Phi) is 7.02. The molecule has 1 unspecified atom stereocenters. The molecule has 0 aliphatic heterocycles. The van der Waals surface area contributed by atoms with Gasteiger partial charge in [-0.2, -0.15) is 0 Å². The van der Waals surface area contributed by atoms with E-state index in [-0.39, 0.29) is 0 Å². The van der Waals surface area contributed by atoms with Gasteiger partial charge in [0.15, 0.2) is 0 Å². The first-order chi connectivity index (χ1) is 5.16. The van der Waals surface area contributed by atoms with E-state index in [0.717, 1.165) is 25.5 Å². The second-order valence-electron chi connectivity index (χ2n) is 3.27. The zero-order chi connectivity index (χ0) is 8.69. The number of alkyl halides is 1. The van der Waals surface area contributed by atoms with Crippen LogP contribution in [0.25, 0.3) is 0 Å². The van der Waals surface area contributed by atoms with Crippen molar-refractivity contribution in [1.29, 1.82) is 0 Å². The monoisotopic (exact) mass is 178 g/mol. The molecule has 0 aromatic heterocycles. The summed E-state index contributed by atoms with van der Waals surface area (Å²) in [6.45, 7) is 5.32. The third kappa shape index (κ3) is 8.11. The third-order valence-corrected chi connectivity index (χ3v) is 2.02. The maximum absolute atomic E-state index is 5.64. The van der Waals surface area contributed by atoms with Crippen molar-refractivity contribution >= 4 is 11.6 Å². The number of nitrogens with one attached hydrogen (secondary N) is 1. The van der Waals surface area contributed by atoms with Crippen LogP contribution in [0.1, 0.15) is 6.92 Å². The molecule has 1 N–H and O–H groups in total. The quantitative estimate of drug-likeness (QED) is 0.483. The molecular weight excluding hydrogens is 160 g/mol. The maximum atomic E-state index is 5.64. The number of rotatable bonds is 6. The highest BCUT2D eigenvalue weighted by Gasteiger charge is 1.97. The SMILES string of the molecule is CC(CCl)CNCCN(C)C. The van der Waals surface area contributed by atoms with Crippen LogP contribution in [0.5, 0.6) is 0 Å². The first-order valence-corrected chi connectivity index (χ1v) is 4.61. The van der Waals surface area contributed by atoms with Crippen molar-refractivity contribution in [3.63, 3.8) is 0 Å². The summed E-state index contributed by atoms with van der Waals surface area (Å²) in [6, 6.07) is 0. The van der Waals surface area contributed by atoms with Crippen molar-refractivity contribution in [2.24, 2.45) is 5.92 Å². The fourth-order valence-corrected chi connectivity index (χ4v) is 0.815. The predicted molar refractivity (Wildman–Crippen MR) is 51.3 cm³/mol. The normalized spacial score (nSPS) is 13.9.